The Morgan fingerprint density at radius 2 is 1.56 bits per heavy atom. The molecular formula is C25H31FN10O12P2S2. The van der Waals surface area contributed by atoms with Gasteiger partial charge in [0.15, 0.2) is 47.5 Å². The van der Waals surface area contributed by atoms with Gasteiger partial charge < -0.3 is 35.5 Å². The van der Waals surface area contributed by atoms with Crippen LogP contribution in [0.4, 0.5) is 20.8 Å². The lowest BCUT2D eigenvalue weighted by Gasteiger charge is -2.27. The minimum atomic E-state index is -4.58. The molecule has 0 aliphatic carbocycles. The minimum Gasteiger partial charge on any atom is -0.432 e. The van der Waals surface area contributed by atoms with E-state index in [0.29, 0.717) is 11.4 Å². The van der Waals surface area contributed by atoms with Crippen LogP contribution < -0.4 is 11.5 Å². The second-order valence-corrected chi connectivity index (χ2v) is 18.5. The van der Waals surface area contributed by atoms with Gasteiger partial charge in [0.2, 0.25) is 0 Å². The van der Waals surface area contributed by atoms with Crippen molar-refractivity contribution in [1.29, 1.82) is 0 Å². The maximum absolute atomic E-state index is 16.3. The van der Waals surface area contributed by atoms with Crippen molar-refractivity contribution >= 4 is 77.3 Å². The third-order valence-corrected chi connectivity index (χ3v) is 12.9. The fourth-order valence-corrected chi connectivity index (χ4v) is 9.86. The molecule has 10 atom stereocenters. The number of nitrogen functional groups attached to an aromatic ring is 2. The number of nitrogens with zero attached hydrogens (tertiary/aromatic N) is 8. The number of nitrogens with two attached hydrogens (primary N) is 2. The van der Waals surface area contributed by atoms with Crippen molar-refractivity contribution in [2.75, 3.05) is 30.6 Å². The van der Waals surface area contributed by atoms with Gasteiger partial charge in [-0.1, -0.05) is 12.2 Å². The first kappa shape index (κ1) is 37.1. The Morgan fingerprint density at radius 3 is 2.19 bits per heavy atom. The number of hydrogen-bond donors (Lipinski definition) is 4. The zero-order chi connectivity index (χ0) is 36.9. The molecule has 5 N–H and O–H groups in total. The first-order chi connectivity index (χ1) is 24.7. The van der Waals surface area contributed by atoms with Crippen LogP contribution in [0.15, 0.2) is 25.3 Å². The van der Waals surface area contributed by atoms with E-state index in [4.69, 9.17) is 48.5 Å². The molecule has 0 saturated carbocycles. The fraction of sp³-hybridized carbons (Fsp3) is 0.560. The van der Waals surface area contributed by atoms with E-state index in [1.165, 1.54) is 28.1 Å². The van der Waals surface area contributed by atoms with Gasteiger partial charge in [-0.25, -0.2) is 48.2 Å². The summed E-state index contributed by atoms with van der Waals surface area (Å²) in [5.41, 5.74) is 12.5. The number of alkyl halides is 1. The number of anilines is 2. The Hall–Kier alpha value is -3.22. The van der Waals surface area contributed by atoms with Crippen molar-refractivity contribution in [1.82, 2.24) is 39.0 Å². The highest BCUT2D eigenvalue weighted by Gasteiger charge is 2.54. The van der Waals surface area contributed by atoms with E-state index in [-0.39, 0.29) is 34.0 Å². The van der Waals surface area contributed by atoms with E-state index in [2.05, 4.69) is 42.2 Å². The van der Waals surface area contributed by atoms with E-state index in [1.807, 2.05) is 0 Å². The molecule has 0 amide bonds. The summed E-state index contributed by atoms with van der Waals surface area (Å²) in [7, 11) is 0. The summed E-state index contributed by atoms with van der Waals surface area (Å²) in [4.78, 5) is 36.6. The molecule has 4 aromatic heterocycles. The number of aromatic nitrogens is 8. The van der Waals surface area contributed by atoms with Crippen LogP contribution in [0.2, 0.25) is 0 Å². The zero-order valence-corrected chi connectivity index (χ0v) is 30.4. The Morgan fingerprint density at radius 1 is 0.962 bits per heavy atom. The maximum atomic E-state index is 16.3. The molecule has 0 spiro atoms. The molecule has 282 valence electrons. The van der Waals surface area contributed by atoms with Crippen LogP contribution >= 0.6 is 37.2 Å². The van der Waals surface area contributed by atoms with Crippen LogP contribution in [-0.2, 0) is 46.2 Å². The van der Waals surface area contributed by atoms with Crippen LogP contribution in [0.1, 0.15) is 26.3 Å². The summed E-state index contributed by atoms with van der Waals surface area (Å²) in [5, 5.41) is 11.4. The van der Waals surface area contributed by atoms with Gasteiger partial charge >= 0.3 is 19.8 Å². The molecular weight excluding hydrogens is 777 g/mol. The summed E-state index contributed by atoms with van der Waals surface area (Å²) in [6.07, 6.45) is -9.35. The molecule has 3 aliphatic heterocycles. The molecule has 7 heterocycles. The lowest BCUT2D eigenvalue weighted by atomic mass is 10.1. The lowest BCUT2D eigenvalue weighted by Crippen LogP contribution is -2.35. The van der Waals surface area contributed by atoms with Crippen LogP contribution in [-0.4, -0.2) is 112 Å². The highest BCUT2D eigenvalue weighted by atomic mass is 32.7. The van der Waals surface area contributed by atoms with E-state index in [0.717, 1.165) is 6.33 Å². The number of fused-ring (bicyclic) bond motifs is 5. The van der Waals surface area contributed by atoms with E-state index < -0.39 is 94.2 Å². The topological polar surface area (TPSA) is 285 Å². The highest BCUT2D eigenvalue weighted by molar-refractivity contribution is 8.55. The summed E-state index contributed by atoms with van der Waals surface area (Å²) < 4.78 is 92.0. The molecule has 3 aliphatic rings. The molecule has 4 unspecified atom stereocenters. The van der Waals surface area contributed by atoms with Crippen molar-refractivity contribution in [3.8, 4) is 0 Å². The predicted octanol–water partition coefficient (Wildman–Crippen LogP) is 2.54. The number of thiol groups is 1. The van der Waals surface area contributed by atoms with Gasteiger partial charge in [-0.2, -0.15) is 0 Å². The number of aliphatic hydroxyl groups is 1. The number of imidazole rings is 2. The highest BCUT2D eigenvalue weighted by Crippen LogP contribution is 2.64. The Bertz CT molecular complexity index is 2060. The smallest absolute Gasteiger partial charge is 0.432 e. The van der Waals surface area contributed by atoms with Crippen molar-refractivity contribution in [3.63, 3.8) is 0 Å². The fourth-order valence-electron chi connectivity index (χ4n) is 5.61. The first-order valence-corrected chi connectivity index (χ1v) is 21.1. The number of carbonyl (C=O) groups excluding carboxylic acids is 1. The zero-order valence-electron chi connectivity index (χ0n) is 26.9. The van der Waals surface area contributed by atoms with Crippen LogP contribution in [0.3, 0.4) is 0 Å². The number of rotatable bonds is 6. The largest absolute Gasteiger partial charge is 0.509 e. The summed E-state index contributed by atoms with van der Waals surface area (Å²) >= 11 is 4.46. The van der Waals surface area contributed by atoms with Crippen molar-refractivity contribution < 1.29 is 60.5 Å². The standard InChI is InChI=1S/C25H31FN10O12P2S2/c1-10(2)44-25(38)41-9-52-50(40)43-4-12-17(13(26)23(46-12)35-7-33-14-19(27)29-5-31-21(14)35)47-49(39,51)42-3-11-16(37)18(48-50)24(45-11)36-8-34-15-20(28)30-6-32-22(15)36/h5-8,10-13,16-18,23-24,37H,3-4,9H2,1-2H3,(H,39,51)(H2,27,29,31)(H2,28,30,32)/t11-,12-,13+,16?,17?,18+,23-,24-,49?,50?/m1/s1. The number of ether oxygens (including phenoxy) is 4. The van der Waals surface area contributed by atoms with Crippen LogP contribution in [0, 0.1) is 0 Å². The quantitative estimate of drug-likeness (QED) is 0.0942. The number of carbonyl (C=O) groups is 1. The van der Waals surface area contributed by atoms with Crippen LogP contribution in [0.5, 0.6) is 0 Å². The second kappa shape index (κ2) is 14.5. The molecule has 3 saturated heterocycles. The molecule has 7 rings (SSSR count). The summed E-state index contributed by atoms with van der Waals surface area (Å²) in [6, 6.07) is 0. The minimum absolute atomic E-state index is 0.0270. The molecule has 27 heteroatoms. The Kier molecular flexibility index (Phi) is 10.4. The molecule has 0 radical (unpaired) electrons. The normalized spacial score (nSPS) is 34.1. The second-order valence-electron chi connectivity index (χ2n) is 11.7. The number of hydrogen-bond acceptors (Lipinski definition) is 21. The third kappa shape index (κ3) is 7.31. The van der Waals surface area contributed by atoms with Gasteiger partial charge in [-0.3, -0.25) is 27.2 Å². The average molecular weight is 809 g/mol. The van der Waals surface area contributed by atoms with Crippen LogP contribution in [0.25, 0.3) is 22.3 Å². The van der Waals surface area contributed by atoms with Gasteiger partial charge in [-0.15, -0.1) is 0 Å². The maximum Gasteiger partial charge on any atom is 0.509 e. The van der Waals surface area contributed by atoms with E-state index in [9.17, 15) is 19.0 Å². The molecule has 4 aromatic rings. The predicted molar refractivity (Wildman–Crippen MR) is 179 cm³/mol. The van der Waals surface area contributed by atoms with E-state index in [1.54, 1.807) is 13.8 Å². The van der Waals surface area contributed by atoms with E-state index >= 15 is 4.39 Å². The Balaban J connectivity index is 1.22. The molecule has 52 heavy (non-hydrogen) atoms. The third-order valence-electron chi connectivity index (χ3n) is 7.93. The molecule has 2 bridgehead atoms. The van der Waals surface area contributed by atoms with Crippen molar-refractivity contribution in [2.24, 2.45) is 0 Å². The molecule has 0 aromatic carbocycles. The lowest BCUT2D eigenvalue weighted by molar-refractivity contribution is -0.0568. The monoisotopic (exact) mass is 808 g/mol. The summed E-state index contributed by atoms with van der Waals surface area (Å²) in [5.74, 6) is -0.547. The number of aliphatic hydroxyl groups excluding tert-OH is 1. The van der Waals surface area contributed by atoms with Gasteiger partial charge in [0.25, 0.3) is 0 Å². The van der Waals surface area contributed by atoms with Gasteiger partial charge in [0.05, 0.1) is 32.0 Å². The van der Waals surface area contributed by atoms with Crippen molar-refractivity contribution in [3.05, 3.63) is 25.3 Å². The van der Waals surface area contributed by atoms with Crippen molar-refractivity contribution in [2.45, 2.75) is 69.1 Å². The number of halogens is 1. The SMILES string of the molecule is CC(C)OC(=O)OCSP1(=O)OC[C@H]2O[C@@H](n3cnc4c(N)ncnc43)[C@@H](F)C2OP(=O)(S)OC[C@H]2O[C@@H](n3cnc4c(N)ncnc43)[C@@H](O1)C2O. The first-order valence-electron chi connectivity index (χ1n) is 15.3. The summed E-state index contributed by atoms with van der Waals surface area (Å²) in [6.45, 7) is -7.20. The Labute approximate surface area is 301 Å². The van der Waals surface area contributed by atoms with Gasteiger partial charge in [-0.05, 0) is 13.8 Å². The average Bonchev–Trinajstić information content (AvgIpc) is 3.84. The molecule has 3 fully saturated rings. The van der Waals surface area contributed by atoms with Gasteiger partial charge in [0, 0.05) is 11.4 Å². The molecule has 22 nitrogen and oxygen atoms in total. The van der Waals surface area contributed by atoms with Gasteiger partial charge in [0.1, 0.15) is 54.2 Å².